The lowest BCUT2D eigenvalue weighted by molar-refractivity contribution is 0.302. The first-order chi connectivity index (χ1) is 5.86. The summed E-state index contributed by atoms with van der Waals surface area (Å²) in [6.07, 6.45) is 5.13. The molecule has 0 atom stereocenters. The van der Waals surface area contributed by atoms with Gasteiger partial charge in [0.1, 0.15) is 0 Å². The van der Waals surface area contributed by atoms with Gasteiger partial charge in [0.05, 0.1) is 6.07 Å². The van der Waals surface area contributed by atoms with Crippen molar-refractivity contribution < 1.29 is 0 Å². The largest absolute Gasteiger partial charge is 0.303 e. The van der Waals surface area contributed by atoms with E-state index in [1.165, 1.54) is 18.5 Å². The minimum absolute atomic E-state index is 1.08. The molecule has 12 heavy (non-hydrogen) atoms. The van der Waals surface area contributed by atoms with Crippen molar-refractivity contribution in [3.63, 3.8) is 0 Å². The zero-order chi connectivity index (χ0) is 8.81. The van der Waals surface area contributed by atoms with Gasteiger partial charge in [0, 0.05) is 12.6 Å². The normalized spacial score (nSPS) is 23.5. The van der Waals surface area contributed by atoms with Crippen LogP contribution < -0.4 is 0 Å². The average Bonchev–Trinajstić information content (AvgIpc) is 2.31. The van der Waals surface area contributed by atoms with E-state index in [1.807, 2.05) is 0 Å². The van der Waals surface area contributed by atoms with Gasteiger partial charge < -0.3 is 4.90 Å². The molecule has 0 aromatic rings. The van der Waals surface area contributed by atoms with Gasteiger partial charge >= 0.3 is 0 Å². The van der Waals surface area contributed by atoms with E-state index < -0.39 is 0 Å². The molecule has 2 nitrogen and oxygen atoms in total. The van der Waals surface area contributed by atoms with E-state index in [4.69, 9.17) is 5.26 Å². The van der Waals surface area contributed by atoms with Crippen LogP contribution in [0.3, 0.4) is 0 Å². The van der Waals surface area contributed by atoms with E-state index in [2.05, 4.69) is 17.9 Å². The third-order valence-corrected chi connectivity index (χ3v) is 2.44. The number of nitrogens with zero attached hydrogens (tertiary/aromatic N) is 2. The molecule has 66 valence electrons. The predicted octanol–water partition coefficient (Wildman–Crippen LogP) is 1.94. The summed E-state index contributed by atoms with van der Waals surface area (Å²) in [5.74, 6) is 0. The number of allylic oxidation sites excluding steroid dienone is 1. The van der Waals surface area contributed by atoms with Gasteiger partial charge in [-0.15, -0.1) is 0 Å². The fourth-order valence-electron chi connectivity index (χ4n) is 1.62. The standard InChI is InChI=1S/C10H16N2/c1-2-12-8-3-4-10(5-7-11)6-9-12/h5H,2-4,6,8-9H2,1H3. The predicted molar refractivity (Wildman–Crippen MR) is 49.7 cm³/mol. The lowest BCUT2D eigenvalue weighted by atomic mass is 10.1. The first-order valence-corrected chi connectivity index (χ1v) is 4.66. The van der Waals surface area contributed by atoms with E-state index in [1.54, 1.807) is 6.08 Å². The third-order valence-electron chi connectivity index (χ3n) is 2.44. The highest BCUT2D eigenvalue weighted by atomic mass is 15.1. The molecule has 0 unspecified atom stereocenters. The van der Waals surface area contributed by atoms with Crippen LogP contribution in [0.5, 0.6) is 0 Å². The van der Waals surface area contributed by atoms with Crippen molar-refractivity contribution in [3.8, 4) is 6.07 Å². The highest BCUT2D eigenvalue weighted by Gasteiger charge is 2.09. The summed E-state index contributed by atoms with van der Waals surface area (Å²) in [5.41, 5.74) is 1.33. The van der Waals surface area contributed by atoms with Gasteiger partial charge in [-0.1, -0.05) is 12.5 Å². The molecular weight excluding hydrogens is 148 g/mol. The van der Waals surface area contributed by atoms with Gasteiger partial charge in [-0.25, -0.2) is 0 Å². The molecule has 1 aliphatic rings. The van der Waals surface area contributed by atoms with Crippen molar-refractivity contribution in [2.24, 2.45) is 0 Å². The molecule has 1 aliphatic heterocycles. The summed E-state index contributed by atoms with van der Waals surface area (Å²) in [4.78, 5) is 2.44. The second-order valence-electron chi connectivity index (χ2n) is 3.22. The van der Waals surface area contributed by atoms with Crippen LogP contribution >= 0.6 is 0 Å². The topological polar surface area (TPSA) is 27.0 Å². The van der Waals surface area contributed by atoms with E-state index in [-0.39, 0.29) is 0 Å². The van der Waals surface area contributed by atoms with Crippen LogP contribution in [0.15, 0.2) is 11.6 Å². The molecule has 0 aromatic heterocycles. The SMILES string of the molecule is CCN1CCCC(=CC#N)CC1. The summed E-state index contributed by atoms with van der Waals surface area (Å²) in [6, 6.07) is 2.12. The average molecular weight is 164 g/mol. The molecule has 1 rings (SSSR count). The Morgan fingerprint density at radius 2 is 2.33 bits per heavy atom. The molecule has 0 aromatic carbocycles. The van der Waals surface area contributed by atoms with Crippen LogP contribution in [0, 0.1) is 11.3 Å². The Labute approximate surface area is 74.5 Å². The molecule has 0 bridgehead atoms. The number of hydrogen-bond acceptors (Lipinski definition) is 2. The highest BCUT2D eigenvalue weighted by Crippen LogP contribution is 2.15. The molecule has 2 heteroatoms. The molecule has 0 radical (unpaired) electrons. The maximum atomic E-state index is 8.49. The third kappa shape index (κ3) is 2.67. The smallest absolute Gasteiger partial charge is 0.0911 e. The van der Waals surface area contributed by atoms with Crippen molar-refractivity contribution >= 4 is 0 Å². The van der Waals surface area contributed by atoms with E-state index >= 15 is 0 Å². The van der Waals surface area contributed by atoms with Gasteiger partial charge in [-0.2, -0.15) is 5.26 Å². The minimum atomic E-state index is 1.08. The fourth-order valence-corrected chi connectivity index (χ4v) is 1.62. The fraction of sp³-hybridized carbons (Fsp3) is 0.700. The lowest BCUT2D eigenvalue weighted by Gasteiger charge is -2.15. The van der Waals surface area contributed by atoms with E-state index in [9.17, 15) is 0 Å². The summed E-state index contributed by atoms with van der Waals surface area (Å²) in [6.45, 7) is 5.65. The second-order valence-corrected chi connectivity index (χ2v) is 3.22. The van der Waals surface area contributed by atoms with Crippen molar-refractivity contribution in [1.82, 2.24) is 4.90 Å². The number of rotatable bonds is 1. The van der Waals surface area contributed by atoms with Crippen LogP contribution in [0.25, 0.3) is 0 Å². The molecular formula is C10H16N2. The summed E-state index contributed by atoms with van der Waals surface area (Å²) >= 11 is 0. The molecule has 1 heterocycles. The van der Waals surface area contributed by atoms with E-state index in [0.29, 0.717) is 0 Å². The monoisotopic (exact) mass is 164 g/mol. The molecule has 0 spiro atoms. The molecule has 0 amide bonds. The molecule has 0 saturated carbocycles. The Hall–Kier alpha value is -0.810. The molecule has 0 N–H and O–H groups in total. The van der Waals surface area contributed by atoms with Crippen LogP contribution in [-0.4, -0.2) is 24.5 Å². The Morgan fingerprint density at radius 1 is 1.50 bits per heavy atom. The zero-order valence-corrected chi connectivity index (χ0v) is 7.71. The first kappa shape index (κ1) is 9.28. The van der Waals surface area contributed by atoms with Gasteiger partial charge in [-0.05, 0) is 32.4 Å². The number of likely N-dealkylation sites (tertiary alicyclic amines) is 1. The van der Waals surface area contributed by atoms with Crippen LogP contribution in [0.4, 0.5) is 0 Å². The van der Waals surface area contributed by atoms with Gasteiger partial charge in [-0.3, -0.25) is 0 Å². The van der Waals surface area contributed by atoms with Crippen LogP contribution in [0.1, 0.15) is 26.2 Å². The van der Waals surface area contributed by atoms with Crippen molar-refractivity contribution in [3.05, 3.63) is 11.6 Å². The number of nitriles is 1. The maximum Gasteiger partial charge on any atom is 0.0911 e. The maximum absolute atomic E-state index is 8.49. The Morgan fingerprint density at radius 3 is 3.00 bits per heavy atom. The molecule has 0 aliphatic carbocycles. The lowest BCUT2D eigenvalue weighted by Crippen LogP contribution is -2.23. The van der Waals surface area contributed by atoms with Crippen molar-refractivity contribution in [1.29, 1.82) is 5.26 Å². The van der Waals surface area contributed by atoms with Gasteiger partial charge in [0.25, 0.3) is 0 Å². The Bertz CT molecular complexity index is 200. The number of hydrogen-bond donors (Lipinski definition) is 0. The van der Waals surface area contributed by atoms with Crippen molar-refractivity contribution in [2.45, 2.75) is 26.2 Å². The van der Waals surface area contributed by atoms with Crippen LogP contribution in [-0.2, 0) is 0 Å². The quantitative estimate of drug-likeness (QED) is 0.554. The summed E-state index contributed by atoms with van der Waals surface area (Å²) in [7, 11) is 0. The second kappa shape index (κ2) is 4.95. The van der Waals surface area contributed by atoms with Gasteiger partial charge in [0.15, 0.2) is 0 Å². The molecule has 1 fully saturated rings. The first-order valence-electron chi connectivity index (χ1n) is 4.66. The Balaban J connectivity index is 2.45. The van der Waals surface area contributed by atoms with Crippen molar-refractivity contribution in [2.75, 3.05) is 19.6 Å². The molecule has 1 saturated heterocycles. The summed E-state index contributed by atoms with van der Waals surface area (Å²) < 4.78 is 0. The van der Waals surface area contributed by atoms with Gasteiger partial charge in [0.2, 0.25) is 0 Å². The Kier molecular flexibility index (Phi) is 3.83. The zero-order valence-electron chi connectivity index (χ0n) is 7.71. The minimum Gasteiger partial charge on any atom is -0.303 e. The highest BCUT2D eigenvalue weighted by molar-refractivity contribution is 5.14. The summed E-state index contributed by atoms with van der Waals surface area (Å²) in [5, 5.41) is 8.49. The van der Waals surface area contributed by atoms with Crippen LogP contribution in [0.2, 0.25) is 0 Å². The van der Waals surface area contributed by atoms with E-state index in [0.717, 1.165) is 25.9 Å².